The van der Waals surface area contributed by atoms with Crippen molar-refractivity contribution in [3.63, 3.8) is 0 Å². The Morgan fingerprint density at radius 1 is 0.960 bits per heavy atom. The number of rotatable bonds is 4. The van der Waals surface area contributed by atoms with E-state index in [-0.39, 0.29) is 5.56 Å². The molecule has 0 unspecified atom stereocenters. The lowest BCUT2D eigenvalue weighted by atomic mass is 10.1. The van der Waals surface area contributed by atoms with Crippen molar-refractivity contribution >= 4 is 34.6 Å². The second kappa shape index (κ2) is 7.60. The summed E-state index contributed by atoms with van der Waals surface area (Å²) in [7, 11) is 0. The summed E-state index contributed by atoms with van der Waals surface area (Å²) in [4.78, 5) is 16.2. The zero-order valence-electron chi connectivity index (χ0n) is 13.4. The molecule has 2 aromatic carbocycles. The summed E-state index contributed by atoms with van der Waals surface area (Å²) in [5, 5.41) is 18.7. The standard InChI is InChI=1S/C17H19ClN4O3/c18-14-3-1-2-4-16(14)22-9-7-21(8-10-22)15-6-5-12(19-24)11-13(15)17(23)20-25/h1-6,11,19,24-25H,7-10H2,(H,20,23). The van der Waals surface area contributed by atoms with Crippen molar-refractivity contribution in [2.45, 2.75) is 0 Å². The van der Waals surface area contributed by atoms with Crippen molar-refractivity contribution in [2.75, 3.05) is 41.5 Å². The number of halogens is 1. The molecule has 3 rings (SSSR count). The Morgan fingerprint density at radius 2 is 1.60 bits per heavy atom. The van der Waals surface area contributed by atoms with Crippen LogP contribution in [-0.2, 0) is 0 Å². The molecule has 8 heteroatoms. The van der Waals surface area contributed by atoms with Gasteiger partial charge in [-0.1, -0.05) is 23.7 Å². The normalized spacial score (nSPS) is 14.4. The van der Waals surface area contributed by atoms with Crippen molar-refractivity contribution in [1.82, 2.24) is 5.48 Å². The number of amides is 1. The molecule has 132 valence electrons. The van der Waals surface area contributed by atoms with E-state index >= 15 is 0 Å². The molecule has 0 saturated carbocycles. The van der Waals surface area contributed by atoms with E-state index in [4.69, 9.17) is 22.0 Å². The van der Waals surface area contributed by atoms with Gasteiger partial charge in [0.15, 0.2) is 0 Å². The van der Waals surface area contributed by atoms with Gasteiger partial charge in [0.05, 0.1) is 22.0 Å². The second-order valence-corrected chi connectivity index (χ2v) is 6.12. The first-order valence-electron chi connectivity index (χ1n) is 7.87. The minimum Gasteiger partial charge on any atom is -0.367 e. The maximum atomic E-state index is 12.0. The van der Waals surface area contributed by atoms with E-state index in [1.807, 2.05) is 29.7 Å². The van der Waals surface area contributed by atoms with Crippen LogP contribution < -0.4 is 20.8 Å². The first kappa shape index (κ1) is 17.3. The average molecular weight is 363 g/mol. The molecule has 4 N–H and O–H groups in total. The molecule has 0 bridgehead atoms. The molecule has 1 heterocycles. The molecule has 0 radical (unpaired) electrons. The highest BCUT2D eigenvalue weighted by molar-refractivity contribution is 6.33. The molecular formula is C17H19ClN4O3. The van der Waals surface area contributed by atoms with Crippen LogP contribution in [0.3, 0.4) is 0 Å². The molecule has 1 fully saturated rings. The number of hydrogen-bond donors (Lipinski definition) is 4. The monoisotopic (exact) mass is 362 g/mol. The smallest absolute Gasteiger partial charge is 0.276 e. The Hall–Kier alpha value is -2.48. The van der Waals surface area contributed by atoms with Crippen molar-refractivity contribution in [3.8, 4) is 0 Å². The van der Waals surface area contributed by atoms with Crippen LogP contribution in [-0.4, -0.2) is 42.5 Å². The molecule has 1 saturated heterocycles. The zero-order valence-corrected chi connectivity index (χ0v) is 14.2. The number of hydroxylamine groups is 1. The van der Waals surface area contributed by atoms with Gasteiger partial charge in [-0.25, -0.2) is 5.48 Å². The molecule has 1 aliphatic rings. The Morgan fingerprint density at radius 3 is 2.20 bits per heavy atom. The summed E-state index contributed by atoms with van der Waals surface area (Å²) in [6.45, 7) is 2.90. The number of hydrogen-bond acceptors (Lipinski definition) is 6. The first-order chi connectivity index (χ1) is 12.1. The van der Waals surface area contributed by atoms with Crippen molar-refractivity contribution < 1.29 is 15.2 Å². The molecule has 0 atom stereocenters. The Balaban J connectivity index is 1.79. The molecule has 25 heavy (non-hydrogen) atoms. The number of piperazine rings is 1. The number of carbonyl (C=O) groups excluding carboxylic acids is 1. The van der Waals surface area contributed by atoms with Crippen LogP contribution in [0, 0.1) is 0 Å². The SMILES string of the molecule is O=C(NO)c1cc(NO)ccc1N1CCN(c2ccccc2Cl)CC1. The lowest BCUT2D eigenvalue weighted by Crippen LogP contribution is -2.47. The van der Waals surface area contributed by atoms with E-state index in [9.17, 15) is 4.79 Å². The topological polar surface area (TPSA) is 88.1 Å². The van der Waals surface area contributed by atoms with Crippen molar-refractivity contribution in [3.05, 3.63) is 53.1 Å². The van der Waals surface area contributed by atoms with Crippen molar-refractivity contribution in [2.24, 2.45) is 0 Å². The van der Waals surface area contributed by atoms with E-state index in [1.54, 1.807) is 17.6 Å². The van der Waals surface area contributed by atoms with Gasteiger partial charge >= 0.3 is 0 Å². The average Bonchev–Trinajstić information content (AvgIpc) is 2.67. The minimum atomic E-state index is -0.624. The van der Waals surface area contributed by atoms with E-state index in [2.05, 4.69) is 9.80 Å². The summed E-state index contributed by atoms with van der Waals surface area (Å²) >= 11 is 6.26. The summed E-state index contributed by atoms with van der Waals surface area (Å²) in [6, 6.07) is 12.6. The quantitative estimate of drug-likeness (QED) is 0.494. The second-order valence-electron chi connectivity index (χ2n) is 5.71. The van der Waals surface area contributed by atoms with Crippen LogP contribution in [0.2, 0.25) is 5.02 Å². The van der Waals surface area contributed by atoms with Gasteiger partial charge in [-0.2, -0.15) is 0 Å². The molecule has 1 amide bonds. The molecule has 1 aliphatic heterocycles. The number of benzene rings is 2. The Labute approximate surface area is 150 Å². The molecular weight excluding hydrogens is 344 g/mol. The lowest BCUT2D eigenvalue weighted by Gasteiger charge is -2.38. The minimum absolute atomic E-state index is 0.285. The largest absolute Gasteiger partial charge is 0.367 e. The fraction of sp³-hybridized carbons (Fsp3) is 0.235. The van der Waals surface area contributed by atoms with Gasteiger partial charge in [0.1, 0.15) is 0 Å². The van der Waals surface area contributed by atoms with Gasteiger partial charge in [-0.05, 0) is 30.3 Å². The Kier molecular flexibility index (Phi) is 5.28. The highest BCUT2D eigenvalue weighted by atomic mass is 35.5. The molecule has 2 aromatic rings. The van der Waals surface area contributed by atoms with Crippen LogP contribution in [0.4, 0.5) is 17.1 Å². The van der Waals surface area contributed by atoms with Crippen LogP contribution in [0.25, 0.3) is 0 Å². The number of nitrogens with one attached hydrogen (secondary N) is 2. The molecule has 7 nitrogen and oxygen atoms in total. The van der Waals surface area contributed by atoms with E-state index in [0.29, 0.717) is 24.5 Å². The number of carbonyl (C=O) groups is 1. The van der Waals surface area contributed by atoms with Crippen LogP contribution in [0.1, 0.15) is 10.4 Å². The van der Waals surface area contributed by atoms with Gasteiger partial charge in [-0.15, -0.1) is 0 Å². The summed E-state index contributed by atoms with van der Waals surface area (Å²) in [5.41, 5.74) is 6.01. The fourth-order valence-electron chi connectivity index (χ4n) is 3.02. The highest BCUT2D eigenvalue weighted by Gasteiger charge is 2.23. The van der Waals surface area contributed by atoms with Gasteiger partial charge < -0.3 is 9.80 Å². The highest BCUT2D eigenvalue weighted by Crippen LogP contribution is 2.29. The predicted octanol–water partition coefficient (Wildman–Crippen LogP) is 2.59. The molecule has 0 aliphatic carbocycles. The number of anilines is 3. The summed E-state index contributed by atoms with van der Waals surface area (Å²) in [6.07, 6.45) is 0. The lowest BCUT2D eigenvalue weighted by molar-refractivity contribution is 0.0707. The third-order valence-electron chi connectivity index (χ3n) is 4.29. The van der Waals surface area contributed by atoms with Crippen LogP contribution in [0.15, 0.2) is 42.5 Å². The maximum absolute atomic E-state index is 12.0. The summed E-state index contributed by atoms with van der Waals surface area (Å²) in [5.74, 6) is -0.624. The summed E-state index contributed by atoms with van der Waals surface area (Å²) < 4.78 is 0. The van der Waals surface area contributed by atoms with Crippen LogP contribution >= 0.6 is 11.6 Å². The van der Waals surface area contributed by atoms with E-state index in [0.717, 1.165) is 23.8 Å². The third-order valence-corrected chi connectivity index (χ3v) is 4.60. The van der Waals surface area contributed by atoms with E-state index < -0.39 is 5.91 Å². The molecule has 0 spiro atoms. The predicted molar refractivity (Wildman–Crippen MR) is 97.0 cm³/mol. The maximum Gasteiger partial charge on any atom is 0.276 e. The number of para-hydroxylation sites is 1. The first-order valence-corrected chi connectivity index (χ1v) is 8.25. The van der Waals surface area contributed by atoms with Gasteiger partial charge in [0, 0.05) is 31.9 Å². The van der Waals surface area contributed by atoms with Crippen LogP contribution in [0.5, 0.6) is 0 Å². The Bertz CT molecular complexity index is 763. The fourth-order valence-corrected chi connectivity index (χ4v) is 3.28. The van der Waals surface area contributed by atoms with Crippen molar-refractivity contribution in [1.29, 1.82) is 0 Å². The van der Waals surface area contributed by atoms with E-state index in [1.165, 1.54) is 6.07 Å². The third kappa shape index (κ3) is 3.63. The van der Waals surface area contributed by atoms with Gasteiger partial charge in [0.25, 0.3) is 5.91 Å². The molecule has 0 aromatic heterocycles. The van der Waals surface area contributed by atoms with Gasteiger partial charge in [-0.3, -0.25) is 20.7 Å². The van der Waals surface area contributed by atoms with Gasteiger partial charge in [0.2, 0.25) is 0 Å². The number of nitrogens with zero attached hydrogens (tertiary/aromatic N) is 2. The zero-order chi connectivity index (χ0) is 17.8.